The summed E-state index contributed by atoms with van der Waals surface area (Å²) in [6.45, 7) is 1.20. The molecule has 0 aliphatic carbocycles. The van der Waals surface area contributed by atoms with E-state index in [0.29, 0.717) is 47.2 Å². The van der Waals surface area contributed by atoms with Crippen LogP contribution in [0.25, 0.3) is 10.3 Å². The quantitative estimate of drug-likeness (QED) is 0.583. The summed E-state index contributed by atoms with van der Waals surface area (Å²) in [6.07, 6.45) is 0. The average molecular weight is 415 g/mol. The molecule has 0 spiro atoms. The van der Waals surface area contributed by atoms with Crippen LogP contribution in [0.2, 0.25) is 0 Å². The molecule has 0 radical (unpaired) electrons. The number of benzene rings is 1. The molecule has 29 heavy (non-hydrogen) atoms. The van der Waals surface area contributed by atoms with Gasteiger partial charge in [-0.3, -0.25) is 0 Å². The number of fused-ring (bicyclic) bond motifs is 1. The lowest BCUT2D eigenvalue weighted by molar-refractivity contribution is 0.132. The van der Waals surface area contributed by atoms with E-state index in [1.165, 1.54) is 11.3 Å². The van der Waals surface area contributed by atoms with Crippen LogP contribution in [-0.2, 0) is 0 Å². The Morgan fingerprint density at radius 1 is 1.34 bits per heavy atom. The van der Waals surface area contributed by atoms with Gasteiger partial charge in [-0.2, -0.15) is 4.98 Å². The van der Waals surface area contributed by atoms with Crippen molar-refractivity contribution < 1.29 is 14.6 Å². The molecule has 0 saturated carbocycles. The molecule has 2 aromatic heterocycles. The van der Waals surface area contributed by atoms with Gasteiger partial charge in [0.05, 0.1) is 25.3 Å². The first-order valence-corrected chi connectivity index (χ1v) is 9.91. The number of nitrogens with one attached hydrogen (secondary N) is 1. The number of nitrogens with zero attached hydrogens (tertiary/aromatic N) is 5. The summed E-state index contributed by atoms with van der Waals surface area (Å²) in [5.41, 5.74) is 8.87. The van der Waals surface area contributed by atoms with Gasteiger partial charge >= 0.3 is 6.03 Å². The van der Waals surface area contributed by atoms with Crippen molar-refractivity contribution in [2.75, 3.05) is 49.3 Å². The molecule has 4 rings (SSSR count). The van der Waals surface area contributed by atoms with Gasteiger partial charge in [0, 0.05) is 25.3 Å². The molecule has 3 heterocycles. The monoisotopic (exact) mass is 415 g/mol. The van der Waals surface area contributed by atoms with Crippen LogP contribution in [-0.4, -0.2) is 70.4 Å². The van der Waals surface area contributed by atoms with Crippen LogP contribution in [0.1, 0.15) is 0 Å². The van der Waals surface area contributed by atoms with Crippen molar-refractivity contribution in [1.29, 1.82) is 0 Å². The average Bonchev–Trinajstić information content (AvgIpc) is 3.21. The summed E-state index contributed by atoms with van der Waals surface area (Å²) in [5.74, 6) is 1.52. The number of rotatable bonds is 4. The van der Waals surface area contributed by atoms with Gasteiger partial charge in [0.2, 0.25) is 5.95 Å². The molecule has 1 fully saturated rings. The number of hydrogen-bond donors (Lipinski definition) is 3. The minimum Gasteiger partial charge on any atom is -0.497 e. The third-order valence-corrected chi connectivity index (χ3v) is 5.51. The summed E-state index contributed by atoms with van der Waals surface area (Å²) >= 11 is 1.39. The maximum Gasteiger partial charge on any atom is 0.322 e. The molecule has 2 amide bonds. The molecule has 1 aliphatic rings. The Morgan fingerprint density at radius 3 is 2.86 bits per heavy atom. The smallest absolute Gasteiger partial charge is 0.322 e. The molecular formula is C18H21N7O3S. The first-order valence-electron chi connectivity index (χ1n) is 9.03. The number of carbonyl (C=O) groups is 1. The number of amides is 2. The number of ether oxygens (including phenoxy) is 1. The van der Waals surface area contributed by atoms with Crippen LogP contribution < -0.4 is 20.7 Å². The fourth-order valence-corrected chi connectivity index (χ4v) is 3.98. The Hall–Kier alpha value is -3.18. The Labute approximate surface area is 170 Å². The number of methoxy groups -OCH3 is 1. The number of anilines is 3. The highest BCUT2D eigenvalue weighted by molar-refractivity contribution is 7.16. The number of hydrogen-bond acceptors (Lipinski definition) is 9. The topological polar surface area (TPSA) is 130 Å². The zero-order chi connectivity index (χ0) is 20.4. The van der Waals surface area contributed by atoms with Gasteiger partial charge in [0.25, 0.3) is 0 Å². The summed E-state index contributed by atoms with van der Waals surface area (Å²) < 4.78 is 5.13. The van der Waals surface area contributed by atoms with Crippen LogP contribution >= 0.6 is 11.3 Å². The van der Waals surface area contributed by atoms with Crippen LogP contribution in [0.5, 0.6) is 5.75 Å². The van der Waals surface area contributed by atoms with E-state index in [1.54, 1.807) is 41.8 Å². The van der Waals surface area contributed by atoms with E-state index in [0.717, 1.165) is 0 Å². The van der Waals surface area contributed by atoms with Crippen molar-refractivity contribution in [3.05, 3.63) is 29.8 Å². The lowest BCUT2D eigenvalue weighted by Crippen LogP contribution is -2.58. The first kappa shape index (κ1) is 19.2. The molecule has 0 bridgehead atoms. The van der Waals surface area contributed by atoms with Gasteiger partial charge in [-0.1, -0.05) is 0 Å². The highest BCUT2D eigenvalue weighted by Crippen LogP contribution is 2.28. The van der Waals surface area contributed by atoms with E-state index in [-0.39, 0.29) is 18.6 Å². The molecule has 3 aromatic rings. The van der Waals surface area contributed by atoms with Crippen molar-refractivity contribution in [3.8, 4) is 5.75 Å². The van der Waals surface area contributed by atoms with Gasteiger partial charge in [-0.05, 0) is 24.3 Å². The van der Waals surface area contributed by atoms with Gasteiger partial charge in [-0.15, -0.1) is 11.3 Å². The molecule has 10 nitrogen and oxygen atoms in total. The molecule has 1 saturated heterocycles. The van der Waals surface area contributed by atoms with Crippen molar-refractivity contribution in [3.63, 3.8) is 0 Å². The molecule has 1 aliphatic heterocycles. The SMILES string of the molecule is COc1ccc(NC(=O)N2CCN(c3nc(N)nc4scnc34)C[C@H]2CO)cc1. The van der Waals surface area contributed by atoms with Gasteiger partial charge in [0.1, 0.15) is 11.3 Å². The number of piperazine rings is 1. The second-order valence-electron chi connectivity index (χ2n) is 6.55. The number of nitrogens with two attached hydrogens (primary N) is 1. The predicted octanol–water partition coefficient (Wildman–Crippen LogP) is 1.39. The second kappa shape index (κ2) is 8.05. The normalized spacial score (nSPS) is 16.8. The second-order valence-corrected chi connectivity index (χ2v) is 7.38. The van der Waals surface area contributed by atoms with E-state index in [4.69, 9.17) is 10.5 Å². The minimum absolute atomic E-state index is 0.173. The minimum atomic E-state index is -0.396. The van der Waals surface area contributed by atoms with Crippen LogP contribution in [0.4, 0.5) is 22.2 Å². The van der Waals surface area contributed by atoms with E-state index in [2.05, 4.69) is 20.3 Å². The summed E-state index contributed by atoms with van der Waals surface area (Å²) in [4.78, 5) is 30.0. The number of thiazole rings is 1. The van der Waals surface area contributed by atoms with E-state index < -0.39 is 6.04 Å². The number of nitrogen functional groups attached to an aromatic ring is 1. The van der Waals surface area contributed by atoms with Gasteiger partial charge in [0.15, 0.2) is 10.6 Å². The van der Waals surface area contributed by atoms with Crippen molar-refractivity contribution >= 4 is 45.2 Å². The van der Waals surface area contributed by atoms with Crippen LogP contribution in [0.3, 0.4) is 0 Å². The zero-order valence-corrected chi connectivity index (χ0v) is 16.6. The number of urea groups is 1. The molecular weight excluding hydrogens is 394 g/mol. The predicted molar refractivity (Wildman–Crippen MR) is 111 cm³/mol. The molecule has 152 valence electrons. The maximum atomic E-state index is 12.8. The van der Waals surface area contributed by atoms with Crippen molar-refractivity contribution in [2.24, 2.45) is 0 Å². The largest absolute Gasteiger partial charge is 0.497 e. The van der Waals surface area contributed by atoms with Crippen LogP contribution in [0, 0.1) is 0 Å². The summed E-state index contributed by atoms with van der Waals surface area (Å²) in [5, 5.41) is 12.8. The highest BCUT2D eigenvalue weighted by Gasteiger charge is 2.32. The standard InChI is InChI=1S/C18H21N7O3S/c1-28-13-4-2-11(3-5-13)21-18(27)25-7-6-24(8-12(25)9-26)15-14-16(29-10-20-14)23-17(19)22-15/h2-5,10,12,26H,6-9H2,1H3,(H,21,27)(H2,19,22,23)/t12-/m0/s1. The molecule has 1 atom stereocenters. The molecule has 1 aromatic carbocycles. The third-order valence-electron chi connectivity index (χ3n) is 4.79. The van der Waals surface area contributed by atoms with E-state index in [1.807, 2.05) is 4.90 Å². The fourth-order valence-electron chi connectivity index (χ4n) is 3.32. The number of carbonyl (C=O) groups excluding carboxylic acids is 1. The Balaban J connectivity index is 1.49. The highest BCUT2D eigenvalue weighted by atomic mass is 32.1. The van der Waals surface area contributed by atoms with Crippen molar-refractivity contribution in [1.82, 2.24) is 19.9 Å². The third kappa shape index (κ3) is 3.87. The summed E-state index contributed by atoms with van der Waals surface area (Å²) in [7, 11) is 1.59. The number of aliphatic hydroxyl groups is 1. The number of aliphatic hydroxyl groups excluding tert-OH is 1. The Kier molecular flexibility index (Phi) is 5.32. The zero-order valence-electron chi connectivity index (χ0n) is 15.8. The maximum absolute atomic E-state index is 12.8. The van der Waals surface area contributed by atoms with Gasteiger partial charge in [-0.25, -0.2) is 14.8 Å². The molecule has 4 N–H and O–H groups in total. The van der Waals surface area contributed by atoms with Crippen molar-refractivity contribution in [2.45, 2.75) is 6.04 Å². The van der Waals surface area contributed by atoms with E-state index in [9.17, 15) is 9.90 Å². The molecule has 0 unspecified atom stereocenters. The lowest BCUT2D eigenvalue weighted by atomic mass is 10.2. The lowest BCUT2D eigenvalue weighted by Gasteiger charge is -2.41. The van der Waals surface area contributed by atoms with Crippen LogP contribution in [0.15, 0.2) is 29.8 Å². The van der Waals surface area contributed by atoms with Gasteiger partial charge < -0.3 is 30.7 Å². The Morgan fingerprint density at radius 2 is 2.14 bits per heavy atom. The Bertz CT molecular complexity index is 1010. The number of aromatic nitrogens is 3. The summed E-state index contributed by atoms with van der Waals surface area (Å²) in [6, 6.07) is 6.42. The van der Waals surface area contributed by atoms with E-state index >= 15 is 0 Å². The fraction of sp³-hybridized carbons (Fsp3) is 0.333. The molecule has 11 heteroatoms. The first-order chi connectivity index (χ1) is 14.1.